The highest BCUT2D eigenvalue weighted by Crippen LogP contribution is 2.17. The van der Waals surface area contributed by atoms with Crippen molar-refractivity contribution in [2.24, 2.45) is 0 Å². The van der Waals surface area contributed by atoms with Crippen molar-refractivity contribution in [3.8, 4) is 0 Å². The number of hydrogen-bond donors (Lipinski definition) is 2. The molecule has 1 unspecified atom stereocenters. The van der Waals surface area contributed by atoms with E-state index in [2.05, 4.69) is 11.9 Å². The van der Waals surface area contributed by atoms with E-state index in [0.29, 0.717) is 6.54 Å². The van der Waals surface area contributed by atoms with Gasteiger partial charge in [0.25, 0.3) is 0 Å². The van der Waals surface area contributed by atoms with Gasteiger partial charge in [0, 0.05) is 6.54 Å². The number of hydrogen-bond acceptors (Lipinski definition) is 2. The molecule has 0 heterocycles. The molecule has 0 aliphatic carbocycles. The first-order chi connectivity index (χ1) is 7.56. The topological polar surface area (TPSA) is 49.3 Å². The lowest BCUT2D eigenvalue weighted by molar-refractivity contribution is -0.139. The lowest BCUT2D eigenvalue weighted by Gasteiger charge is -2.14. The lowest BCUT2D eigenvalue weighted by atomic mass is 10.0. The summed E-state index contributed by atoms with van der Waals surface area (Å²) in [6.45, 7) is 8.02. The minimum Gasteiger partial charge on any atom is -0.480 e. The van der Waals surface area contributed by atoms with Gasteiger partial charge in [-0.2, -0.15) is 0 Å². The van der Waals surface area contributed by atoms with Gasteiger partial charge in [0.2, 0.25) is 0 Å². The van der Waals surface area contributed by atoms with E-state index >= 15 is 0 Å². The Labute approximate surface area is 95.8 Å². The van der Waals surface area contributed by atoms with E-state index in [4.69, 9.17) is 5.11 Å². The fraction of sp³-hybridized carbons (Fsp3) is 0.308. The second kappa shape index (κ2) is 5.47. The standard InChI is InChI=1S/C13H17NO2/c1-4-7-14-12(13(15)16)11-6-5-9(2)10(3)8-11/h4-6,8,12,14H,1,7H2,2-3H3,(H,15,16). The highest BCUT2D eigenvalue weighted by molar-refractivity contribution is 5.75. The number of aliphatic carboxylic acids is 1. The van der Waals surface area contributed by atoms with Crippen LogP contribution in [-0.2, 0) is 4.79 Å². The van der Waals surface area contributed by atoms with Crippen molar-refractivity contribution in [1.82, 2.24) is 5.32 Å². The van der Waals surface area contributed by atoms with Crippen molar-refractivity contribution in [1.29, 1.82) is 0 Å². The van der Waals surface area contributed by atoms with Crippen LogP contribution in [0.4, 0.5) is 0 Å². The van der Waals surface area contributed by atoms with Crippen molar-refractivity contribution in [2.75, 3.05) is 6.54 Å². The van der Waals surface area contributed by atoms with E-state index in [1.807, 2.05) is 32.0 Å². The first-order valence-corrected chi connectivity index (χ1v) is 5.20. The molecule has 0 fully saturated rings. The molecule has 1 atom stereocenters. The maximum absolute atomic E-state index is 11.1. The third kappa shape index (κ3) is 2.94. The molecule has 0 radical (unpaired) electrons. The number of carboxylic acids is 1. The number of aryl methyl sites for hydroxylation is 2. The van der Waals surface area contributed by atoms with Gasteiger partial charge in [-0.3, -0.25) is 10.1 Å². The normalized spacial score (nSPS) is 12.1. The van der Waals surface area contributed by atoms with Gasteiger partial charge in [-0.05, 0) is 30.5 Å². The molecule has 2 N–H and O–H groups in total. The van der Waals surface area contributed by atoms with Gasteiger partial charge in [-0.1, -0.05) is 24.3 Å². The van der Waals surface area contributed by atoms with Crippen LogP contribution >= 0.6 is 0 Å². The zero-order chi connectivity index (χ0) is 12.1. The van der Waals surface area contributed by atoms with Crippen LogP contribution in [0.15, 0.2) is 30.9 Å². The van der Waals surface area contributed by atoms with Crippen LogP contribution in [0.2, 0.25) is 0 Å². The van der Waals surface area contributed by atoms with Crippen molar-refractivity contribution in [2.45, 2.75) is 19.9 Å². The van der Waals surface area contributed by atoms with E-state index in [-0.39, 0.29) is 0 Å². The monoisotopic (exact) mass is 219 g/mol. The van der Waals surface area contributed by atoms with Gasteiger partial charge in [0.15, 0.2) is 0 Å². The summed E-state index contributed by atoms with van der Waals surface area (Å²) in [5.41, 5.74) is 3.04. The third-order valence-corrected chi connectivity index (χ3v) is 2.58. The van der Waals surface area contributed by atoms with Crippen molar-refractivity contribution in [3.63, 3.8) is 0 Å². The molecule has 1 rings (SSSR count). The Bertz CT molecular complexity index is 399. The van der Waals surface area contributed by atoms with Crippen LogP contribution in [-0.4, -0.2) is 17.6 Å². The second-order valence-electron chi connectivity index (χ2n) is 3.81. The van der Waals surface area contributed by atoms with Gasteiger partial charge >= 0.3 is 5.97 Å². The Hall–Kier alpha value is -1.61. The van der Waals surface area contributed by atoms with Crippen LogP contribution in [0, 0.1) is 13.8 Å². The summed E-state index contributed by atoms with van der Waals surface area (Å²) >= 11 is 0. The highest BCUT2D eigenvalue weighted by atomic mass is 16.4. The molecule has 86 valence electrons. The Morgan fingerprint density at radius 1 is 1.50 bits per heavy atom. The van der Waals surface area contributed by atoms with E-state index in [9.17, 15) is 4.79 Å². The molecule has 1 aromatic rings. The first-order valence-electron chi connectivity index (χ1n) is 5.20. The van der Waals surface area contributed by atoms with E-state index in [1.54, 1.807) is 6.08 Å². The van der Waals surface area contributed by atoms with E-state index < -0.39 is 12.0 Å². The predicted molar refractivity (Wildman–Crippen MR) is 64.5 cm³/mol. The molecule has 0 aliphatic rings. The van der Waals surface area contributed by atoms with Gasteiger partial charge in [-0.15, -0.1) is 6.58 Å². The summed E-state index contributed by atoms with van der Waals surface area (Å²) in [5.74, 6) is -0.870. The molecule has 0 bridgehead atoms. The summed E-state index contributed by atoms with van der Waals surface area (Å²) in [6.07, 6.45) is 1.65. The van der Waals surface area contributed by atoms with Crippen molar-refractivity contribution < 1.29 is 9.90 Å². The summed E-state index contributed by atoms with van der Waals surface area (Å²) in [4.78, 5) is 11.1. The molecule has 16 heavy (non-hydrogen) atoms. The first kappa shape index (κ1) is 12.5. The van der Waals surface area contributed by atoms with Crippen LogP contribution < -0.4 is 5.32 Å². The van der Waals surface area contributed by atoms with Crippen LogP contribution in [0.3, 0.4) is 0 Å². The average molecular weight is 219 g/mol. The van der Waals surface area contributed by atoms with Gasteiger partial charge < -0.3 is 5.11 Å². The zero-order valence-electron chi connectivity index (χ0n) is 9.66. The number of carboxylic acid groups (broad SMARTS) is 1. The number of rotatable bonds is 5. The lowest BCUT2D eigenvalue weighted by Crippen LogP contribution is -2.28. The molecule has 3 heteroatoms. The largest absolute Gasteiger partial charge is 0.480 e. The van der Waals surface area contributed by atoms with Crippen molar-refractivity contribution in [3.05, 3.63) is 47.5 Å². The third-order valence-electron chi connectivity index (χ3n) is 2.58. The molecular weight excluding hydrogens is 202 g/mol. The average Bonchev–Trinajstić information content (AvgIpc) is 2.23. The fourth-order valence-electron chi connectivity index (χ4n) is 1.49. The molecule has 0 aromatic heterocycles. The summed E-state index contributed by atoms with van der Waals surface area (Å²) in [7, 11) is 0. The second-order valence-corrected chi connectivity index (χ2v) is 3.81. The van der Waals surface area contributed by atoms with E-state index in [0.717, 1.165) is 16.7 Å². The van der Waals surface area contributed by atoms with Crippen LogP contribution in [0.25, 0.3) is 0 Å². The van der Waals surface area contributed by atoms with Crippen molar-refractivity contribution >= 4 is 5.97 Å². The summed E-state index contributed by atoms with van der Waals surface area (Å²) < 4.78 is 0. The molecule has 0 aliphatic heterocycles. The fourth-order valence-corrected chi connectivity index (χ4v) is 1.49. The van der Waals surface area contributed by atoms with Gasteiger partial charge in [-0.25, -0.2) is 0 Å². The molecule has 0 saturated carbocycles. The zero-order valence-corrected chi connectivity index (χ0v) is 9.66. The van der Waals surface area contributed by atoms with E-state index in [1.165, 1.54) is 0 Å². The molecule has 0 spiro atoms. The molecule has 0 amide bonds. The molecule has 1 aromatic carbocycles. The highest BCUT2D eigenvalue weighted by Gasteiger charge is 2.18. The molecule has 3 nitrogen and oxygen atoms in total. The minimum absolute atomic E-state index is 0.476. The summed E-state index contributed by atoms with van der Waals surface area (Å²) in [6, 6.07) is 5.02. The quantitative estimate of drug-likeness (QED) is 0.746. The smallest absolute Gasteiger partial charge is 0.325 e. The Morgan fingerprint density at radius 3 is 2.69 bits per heavy atom. The van der Waals surface area contributed by atoms with Crippen LogP contribution in [0.1, 0.15) is 22.7 Å². The maximum Gasteiger partial charge on any atom is 0.325 e. The Balaban J connectivity index is 2.96. The SMILES string of the molecule is C=CCNC(C(=O)O)c1ccc(C)c(C)c1. The number of benzene rings is 1. The minimum atomic E-state index is -0.870. The number of carbonyl (C=O) groups is 1. The van der Waals surface area contributed by atoms with Gasteiger partial charge in [0.1, 0.15) is 6.04 Å². The molecule has 0 saturated heterocycles. The van der Waals surface area contributed by atoms with Gasteiger partial charge in [0.05, 0.1) is 0 Å². The Kier molecular flexibility index (Phi) is 4.26. The molecular formula is C13H17NO2. The Morgan fingerprint density at radius 2 is 2.19 bits per heavy atom. The number of nitrogens with one attached hydrogen (secondary N) is 1. The summed E-state index contributed by atoms with van der Waals surface area (Å²) in [5, 5.41) is 12.0. The maximum atomic E-state index is 11.1. The predicted octanol–water partition coefficient (Wildman–Crippen LogP) is 2.20. The van der Waals surface area contributed by atoms with Crippen LogP contribution in [0.5, 0.6) is 0 Å².